The molecule has 23 heavy (non-hydrogen) atoms. The molecule has 1 atom stereocenters. The van der Waals surface area contributed by atoms with E-state index in [0.717, 1.165) is 50.9 Å². The van der Waals surface area contributed by atoms with Crippen LogP contribution < -0.4 is 15.4 Å². The first kappa shape index (κ1) is 17.5. The maximum atomic E-state index is 5.72. The van der Waals surface area contributed by atoms with Crippen LogP contribution in [0.25, 0.3) is 0 Å². The van der Waals surface area contributed by atoms with E-state index in [-0.39, 0.29) is 6.10 Å². The first-order valence-electron chi connectivity index (χ1n) is 7.95. The van der Waals surface area contributed by atoms with Crippen LogP contribution in [0.4, 0.5) is 0 Å². The molecule has 7 heteroatoms. The van der Waals surface area contributed by atoms with Gasteiger partial charge in [0.2, 0.25) is 5.88 Å². The van der Waals surface area contributed by atoms with Crippen molar-refractivity contribution in [1.82, 2.24) is 15.6 Å². The summed E-state index contributed by atoms with van der Waals surface area (Å²) in [7, 11) is 3.36. The molecule has 1 aromatic heterocycles. The van der Waals surface area contributed by atoms with Gasteiger partial charge in [0, 0.05) is 32.9 Å². The predicted molar refractivity (Wildman–Crippen MR) is 88.8 cm³/mol. The van der Waals surface area contributed by atoms with Crippen molar-refractivity contribution in [3.05, 3.63) is 23.9 Å². The van der Waals surface area contributed by atoms with Crippen LogP contribution in [0.5, 0.6) is 5.88 Å². The number of hydrogen-bond acceptors (Lipinski definition) is 5. The van der Waals surface area contributed by atoms with Crippen LogP contribution in [0, 0.1) is 0 Å². The standard InChI is InChI=1S/C16H26N4O3/c1-17-16(18-8-4-9-23-14-7-10-22-12-14)19-11-13-5-3-6-15(20-13)21-2/h3,5-6,14H,4,7-12H2,1-2H3,(H2,17,18,19). The zero-order chi connectivity index (χ0) is 16.3. The second kappa shape index (κ2) is 10.0. The maximum Gasteiger partial charge on any atom is 0.213 e. The van der Waals surface area contributed by atoms with Crippen molar-refractivity contribution in [3.63, 3.8) is 0 Å². The highest BCUT2D eigenvalue weighted by atomic mass is 16.5. The Labute approximate surface area is 137 Å². The molecular formula is C16H26N4O3. The largest absolute Gasteiger partial charge is 0.481 e. The summed E-state index contributed by atoms with van der Waals surface area (Å²) in [6.07, 6.45) is 2.20. The van der Waals surface area contributed by atoms with E-state index in [1.165, 1.54) is 0 Å². The van der Waals surface area contributed by atoms with Gasteiger partial charge in [-0.2, -0.15) is 0 Å². The van der Waals surface area contributed by atoms with Gasteiger partial charge in [-0.25, -0.2) is 4.98 Å². The molecule has 0 bridgehead atoms. The highest BCUT2D eigenvalue weighted by Gasteiger charge is 2.15. The van der Waals surface area contributed by atoms with Crippen molar-refractivity contribution in [2.45, 2.75) is 25.5 Å². The van der Waals surface area contributed by atoms with E-state index in [4.69, 9.17) is 14.2 Å². The van der Waals surface area contributed by atoms with Crippen molar-refractivity contribution in [2.75, 3.05) is 40.5 Å². The fraction of sp³-hybridized carbons (Fsp3) is 0.625. The van der Waals surface area contributed by atoms with Gasteiger partial charge in [0.05, 0.1) is 32.1 Å². The Morgan fingerprint density at radius 2 is 2.35 bits per heavy atom. The molecule has 2 heterocycles. The van der Waals surface area contributed by atoms with Crippen molar-refractivity contribution in [2.24, 2.45) is 4.99 Å². The number of pyridine rings is 1. The molecule has 1 fully saturated rings. The fourth-order valence-electron chi connectivity index (χ4n) is 2.24. The zero-order valence-corrected chi connectivity index (χ0v) is 13.9. The van der Waals surface area contributed by atoms with Crippen LogP contribution in [0.1, 0.15) is 18.5 Å². The molecule has 128 valence electrons. The molecule has 0 aromatic carbocycles. The quantitative estimate of drug-likeness (QED) is 0.422. The molecule has 1 aliphatic heterocycles. The summed E-state index contributed by atoms with van der Waals surface area (Å²) in [4.78, 5) is 8.55. The molecular weight excluding hydrogens is 296 g/mol. The van der Waals surface area contributed by atoms with Crippen molar-refractivity contribution in [3.8, 4) is 5.88 Å². The van der Waals surface area contributed by atoms with Gasteiger partial charge in [-0.15, -0.1) is 0 Å². The lowest BCUT2D eigenvalue weighted by atomic mass is 10.3. The Kier molecular flexibility index (Phi) is 7.62. The smallest absolute Gasteiger partial charge is 0.213 e. The Balaban J connectivity index is 1.61. The van der Waals surface area contributed by atoms with E-state index < -0.39 is 0 Å². The van der Waals surface area contributed by atoms with Gasteiger partial charge in [0.15, 0.2) is 5.96 Å². The van der Waals surface area contributed by atoms with Crippen molar-refractivity contribution >= 4 is 5.96 Å². The summed E-state index contributed by atoms with van der Waals surface area (Å²) >= 11 is 0. The lowest BCUT2D eigenvalue weighted by molar-refractivity contribution is 0.0420. The summed E-state index contributed by atoms with van der Waals surface area (Å²) in [5.41, 5.74) is 0.900. The molecule has 0 saturated carbocycles. The van der Waals surface area contributed by atoms with Crippen LogP contribution in [0.2, 0.25) is 0 Å². The molecule has 0 spiro atoms. The van der Waals surface area contributed by atoms with Crippen LogP contribution in [0.15, 0.2) is 23.2 Å². The predicted octanol–water partition coefficient (Wildman–Crippen LogP) is 0.951. The van der Waals surface area contributed by atoms with Gasteiger partial charge in [-0.05, 0) is 18.9 Å². The molecule has 2 rings (SSSR count). The van der Waals surface area contributed by atoms with E-state index >= 15 is 0 Å². The van der Waals surface area contributed by atoms with E-state index in [2.05, 4.69) is 20.6 Å². The lowest BCUT2D eigenvalue weighted by Gasteiger charge is -2.13. The van der Waals surface area contributed by atoms with Gasteiger partial charge >= 0.3 is 0 Å². The molecule has 7 nitrogen and oxygen atoms in total. The minimum atomic E-state index is 0.270. The second-order valence-electron chi connectivity index (χ2n) is 5.23. The average molecular weight is 322 g/mol. The van der Waals surface area contributed by atoms with E-state index in [9.17, 15) is 0 Å². The second-order valence-corrected chi connectivity index (χ2v) is 5.23. The summed E-state index contributed by atoms with van der Waals surface area (Å²) in [6, 6.07) is 5.69. The Morgan fingerprint density at radius 3 is 3.09 bits per heavy atom. The Hall–Kier alpha value is -1.86. The third kappa shape index (κ3) is 6.42. The number of guanidine groups is 1. The number of aliphatic imine (C=N–C) groups is 1. The van der Waals surface area contributed by atoms with Gasteiger partial charge < -0.3 is 24.8 Å². The van der Waals surface area contributed by atoms with Gasteiger partial charge in [0.25, 0.3) is 0 Å². The SMILES string of the molecule is CN=C(NCCCOC1CCOC1)NCc1cccc(OC)n1. The van der Waals surface area contributed by atoms with Crippen LogP contribution in [0.3, 0.4) is 0 Å². The number of hydrogen-bond donors (Lipinski definition) is 2. The summed E-state index contributed by atoms with van der Waals surface area (Å²) in [6.45, 7) is 3.67. The normalized spacial score (nSPS) is 18.0. The van der Waals surface area contributed by atoms with E-state index in [1.807, 2.05) is 18.2 Å². The number of aromatic nitrogens is 1. The number of methoxy groups -OCH3 is 1. The number of rotatable bonds is 8. The average Bonchev–Trinajstić information content (AvgIpc) is 3.11. The summed E-state index contributed by atoms with van der Waals surface area (Å²) in [5, 5.41) is 6.49. The van der Waals surface area contributed by atoms with E-state index in [0.29, 0.717) is 12.4 Å². The molecule has 0 radical (unpaired) electrons. The third-order valence-corrected chi connectivity index (χ3v) is 3.51. The van der Waals surface area contributed by atoms with Gasteiger partial charge in [-0.3, -0.25) is 4.99 Å². The lowest BCUT2D eigenvalue weighted by Crippen LogP contribution is -2.37. The van der Waals surface area contributed by atoms with Crippen LogP contribution in [-0.4, -0.2) is 57.6 Å². The summed E-state index contributed by atoms with van der Waals surface area (Å²) in [5.74, 6) is 1.36. The molecule has 0 amide bonds. The first-order chi connectivity index (χ1) is 11.3. The van der Waals surface area contributed by atoms with Crippen LogP contribution in [-0.2, 0) is 16.0 Å². The van der Waals surface area contributed by atoms with Crippen molar-refractivity contribution in [1.29, 1.82) is 0 Å². The fourth-order valence-corrected chi connectivity index (χ4v) is 2.24. The maximum absolute atomic E-state index is 5.72. The molecule has 1 aromatic rings. The first-order valence-corrected chi connectivity index (χ1v) is 7.95. The highest BCUT2D eigenvalue weighted by molar-refractivity contribution is 5.79. The monoisotopic (exact) mass is 322 g/mol. The Bertz CT molecular complexity index is 490. The summed E-state index contributed by atoms with van der Waals surface area (Å²) < 4.78 is 16.1. The minimum Gasteiger partial charge on any atom is -0.481 e. The molecule has 1 unspecified atom stereocenters. The van der Waals surface area contributed by atoms with Crippen molar-refractivity contribution < 1.29 is 14.2 Å². The number of nitrogens with zero attached hydrogens (tertiary/aromatic N) is 2. The minimum absolute atomic E-state index is 0.270. The van der Waals surface area contributed by atoms with Gasteiger partial charge in [0.1, 0.15) is 0 Å². The topological polar surface area (TPSA) is 77.0 Å². The van der Waals surface area contributed by atoms with Gasteiger partial charge in [-0.1, -0.05) is 6.07 Å². The zero-order valence-electron chi connectivity index (χ0n) is 13.9. The molecule has 0 aliphatic carbocycles. The highest BCUT2D eigenvalue weighted by Crippen LogP contribution is 2.08. The number of nitrogens with one attached hydrogen (secondary N) is 2. The van der Waals surface area contributed by atoms with Crippen LogP contribution >= 0.6 is 0 Å². The van der Waals surface area contributed by atoms with E-state index in [1.54, 1.807) is 14.2 Å². The molecule has 1 aliphatic rings. The Morgan fingerprint density at radius 1 is 1.43 bits per heavy atom. The molecule has 1 saturated heterocycles. The molecule has 2 N–H and O–H groups in total. The number of ether oxygens (including phenoxy) is 3. The third-order valence-electron chi connectivity index (χ3n) is 3.51.